The van der Waals surface area contributed by atoms with Crippen molar-refractivity contribution >= 4 is 5.91 Å². The Balaban J connectivity index is 1.46. The molecule has 1 saturated heterocycles. The molecule has 0 unspecified atom stereocenters. The Morgan fingerprint density at radius 1 is 1.04 bits per heavy atom. The maximum atomic E-state index is 12.4. The minimum Gasteiger partial charge on any atom is -0.379 e. The third-order valence-electron chi connectivity index (χ3n) is 4.81. The molecule has 0 radical (unpaired) electrons. The van der Waals surface area contributed by atoms with Crippen molar-refractivity contribution in [1.29, 1.82) is 0 Å². The van der Waals surface area contributed by atoms with E-state index in [1.165, 1.54) is 11.1 Å². The lowest BCUT2D eigenvalue weighted by Gasteiger charge is -2.26. The summed E-state index contributed by atoms with van der Waals surface area (Å²) in [4.78, 5) is 14.8. The molecule has 1 aliphatic rings. The molecular weight excluding hydrogens is 324 g/mol. The summed E-state index contributed by atoms with van der Waals surface area (Å²) in [6.07, 6.45) is 1.91. The zero-order chi connectivity index (χ0) is 18.2. The van der Waals surface area contributed by atoms with Crippen LogP contribution in [0.25, 0.3) is 0 Å². The maximum Gasteiger partial charge on any atom is 0.251 e. The molecule has 0 bridgehead atoms. The van der Waals surface area contributed by atoms with Crippen LogP contribution in [-0.4, -0.2) is 43.2 Å². The van der Waals surface area contributed by atoms with E-state index in [1.54, 1.807) is 0 Å². The molecule has 0 aromatic heterocycles. The van der Waals surface area contributed by atoms with Crippen molar-refractivity contribution in [1.82, 2.24) is 10.2 Å². The fourth-order valence-corrected chi connectivity index (χ4v) is 3.19. The summed E-state index contributed by atoms with van der Waals surface area (Å²) in [5.74, 6) is 0.00323. The minimum atomic E-state index is 0.00323. The van der Waals surface area contributed by atoms with Crippen LogP contribution in [0.15, 0.2) is 54.6 Å². The first-order chi connectivity index (χ1) is 12.7. The van der Waals surface area contributed by atoms with E-state index in [9.17, 15) is 4.79 Å². The van der Waals surface area contributed by atoms with E-state index >= 15 is 0 Å². The van der Waals surface area contributed by atoms with E-state index < -0.39 is 0 Å². The number of carbonyl (C=O) groups is 1. The van der Waals surface area contributed by atoms with Gasteiger partial charge in [-0.1, -0.05) is 42.5 Å². The van der Waals surface area contributed by atoms with E-state index in [4.69, 9.17) is 4.74 Å². The van der Waals surface area contributed by atoms with Gasteiger partial charge in [-0.3, -0.25) is 9.69 Å². The normalized spacial score (nSPS) is 16.2. The van der Waals surface area contributed by atoms with Gasteiger partial charge in [-0.05, 0) is 43.0 Å². The quantitative estimate of drug-likeness (QED) is 0.831. The SMILES string of the molecule is C[C@H](CCc1ccccc1)NC(=O)c1ccc(CN2CCOCC2)cc1. The highest BCUT2D eigenvalue weighted by Crippen LogP contribution is 2.10. The summed E-state index contributed by atoms with van der Waals surface area (Å²) in [5, 5.41) is 3.10. The first-order valence-electron chi connectivity index (χ1n) is 9.44. The summed E-state index contributed by atoms with van der Waals surface area (Å²) >= 11 is 0. The van der Waals surface area contributed by atoms with Crippen LogP contribution in [0.4, 0.5) is 0 Å². The number of carbonyl (C=O) groups excluding carboxylic acids is 1. The number of morpholine rings is 1. The van der Waals surface area contributed by atoms with E-state index in [1.807, 2.05) is 18.2 Å². The third kappa shape index (κ3) is 5.68. The van der Waals surface area contributed by atoms with Gasteiger partial charge < -0.3 is 10.1 Å². The Hall–Kier alpha value is -2.17. The largest absolute Gasteiger partial charge is 0.379 e. The van der Waals surface area contributed by atoms with E-state index in [0.29, 0.717) is 0 Å². The Morgan fingerprint density at radius 2 is 1.73 bits per heavy atom. The van der Waals surface area contributed by atoms with Gasteiger partial charge in [-0.25, -0.2) is 0 Å². The molecule has 1 atom stereocenters. The summed E-state index contributed by atoms with van der Waals surface area (Å²) in [6.45, 7) is 6.54. The van der Waals surface area contributed by atoms with Crippen LogP contribution in [0.2, 0.25) is 0 Å². The van der Waals surface area contributed by atoms with Crippen LogP contribution < -0.4 is 5.32 Å². The molecule has 2 aromatic carbocycles. The van der Waals surface area contributed by atoms with Gasteiger partial charge in [0.15, 0.2) is 0 Å². The molecule has 26 heavy (non-hydrogen) atoms. The number of hydrogen-bond donors (Lipinski definition) is 1. The lowest BCUT2D eigenvalue weighted by Crippen LogP contribution is -2.35. The van der Waals surface area contributed by atoms with Crippen LogP contribution in [0.5, 0.6) is 0 Å². The van der Waals surface area contributed by atoms with Gasteiger partial charge >= 0.3 is 0 Å². The topological polar surface area (TPSA) is 41.6 Å². The Morgan fingerprint density at radius 3 is 2.42 bits per heavy atom. The highest BCUT2D eigenvalue weighted by Gasteiger charge is 2.12. The van der Waals surface area contributed by atoms with Gasteiger partial charge in [0.25, 0.3) is 5.91 Å². The Bertz CT molecular complexity index is 679. The van der Waals surface area contributed by atoms with Crippen LogP contribution >= 0.6 is 0 Å². The molecule has 1 aliphatic heterocycles. The van der Waals surface area contributed by atoms with Crippen LogP contribution in [0.1, 0.15) is 34.8 Å². The van der Waals surface area contributed by atoms with E-state index in [-0.39, 0.29) is 11.9 Å². The fraction of sp³-hybridized carbons (Fsp3) is 0.409. The van der Waals surface area contributed by atoms with Crippen molar-refractivity contribution in [3.05, 3.63) is 71.3 Å². The molecule has 4 heteroatoms. The van der Waals surface area contributed by atoms with Gasteiger partial charge in [0.2, 0.25) is 0 Å². The van der Waals surface area contributed by atoms with Crippen molar-refractivity contribution in [3.63, 3.8) is 0 Å². The second kappa shape index (κ2) is 9.51. The monoisotopic (exact) mass is 352 g/mol. The average Bonchev–Trinajstić information content (AvgIpc) is 2.68. The number of aryl methyl sites for hydroxylation is 1. The van der Waals surface area contributed by atoms with Gasteiger partial charge in [-0.2, -0.15) is 0 Å². The number of nitrogens with one attached hydrogen (secondary N) is 1. The number of amides is 1. The van der Waals surface area contributed by atoms with Gasteiger partial charge in [0.1, 0.15) is 0 Å². The molecule has 1 amide bonds. The molecule has 1 N–H and O–H groups in total. The number of hydrogen-bond acceptors (Lipinski definition) is 3. The average molecular weight is 352 g/mol. The van der Waals surface area contributed by atoms with Crippen molar-refractivity contribution in [2.24, 2.45) is 0 Å². The number of ether oxygens (including phenoxy) is 1. The molecule has 1 heterocycles. The second-order valence-corrected chi connectivity index (χ2v) is 6.98. The molecule has 4 nitrogen and oxygen atoms in total. The predicted octanol–water partition coefficient (Wildman–Crippen LogP) is 3.27. The molecule has 0 aliphatic carbocycles. The summed E-state index contributed by atoms with van der Waals surface area (Å²) in [6, 6.07) is 18.5. The van der Waals surface area contributed by atoms with Gasteiger partial charge in [-0.15, -0.1) is 0 Å². The van der Waals surface area contributed by atoms with E-state index in [0.717, 1.165) is 51.3 Å². The fourth-order valence-electron chi connectivity index (χ4n) is 3.19. The summed E-state index contributed by atoms with van der Waals surface area (Å²) in [7, 11) is 0. The first-order valence-corrected chi connectivity index (χ1v) is 9.44. The molecule has 0 spiro atoms. The Kier molecular flexibility index (Phi) is 6.81. The maximum absolute atomic E-state index is 12.4. The zero-order valence-electron chi connectivity index (χ0n) is 15.5. The van der Waals surface area contributed by atoms with Crippen LogP contribution in [-0.2, 0) is 17.7 Å². The number of benzene rings is 2. The standard InChI is InChI=1S/C22H28N2O2/c1-18(7-8-19-5-3-2-4-6-19)23-22(25)21-11-9-20(10-12-21)17-24-13-15-26-16-14-24/h2-6,9-12,18H,7-8,13-17H2,1H3,(H,23,25)/t18-/m1/s1. The van der Waals surface area contributed by atoms with Gasteiger partial charge in [0.05, 0.1) is 13.2 Å². The molecule has 3 rings (SSSR count). The highest BCUT2D eigenvalue weighted by molar-refractivity contribution is 5.94. The molecular formula is C22H28N2O2. The predicted molar refractivity (Wildman–Crippen MR) is 104 cm³/mol. The van der Waals surface area contributed by atoms with Crippen molar-refractivity contribution in [2.45, 2.75) is 32.4 Å². The summed E-state index contributed by atoms with van der Waals surface area (Å²) < 4.78 is 5.38. The first kappa shape index (κ1) is 18.6. The van der Waals surface area contributed by atoms with Crippen molar-refractivity contribution in [2.75, 3.05) is 26.3 Å². The zero-order valence-corrected chi connectivity index (χ0v) is 15.5. The Labute approximate surface area is 156 Å². The third-order valence-corrected chi connectivity index (χ3v) is 4.81. The van der Waals surface area contributed by atoms with E-state index in [2.05, 4.69) is 53.5 Å². The lowest BCUT2D eigenvalue weighted by molar-refractivity contribution is 0.0342. The number of rotatable bonds is 7. The molecule has 0 saturated carbocycles. The molecule has 1 fully saturated rings. The van der Waals surface area contributed by atoms with Gasteiger partial charge in [0, 0.05) is 31.2 Å². The molecule has 138 valence electrons. The number of nitrogens with zero attached hydrogens (tertiary/aromatic N) is 1. The summed E-state index contributed by atoms with van der Waals surface area (Å²) in [5.41, 5.74) is 3.27. The molecule has 2 aromatic rings. The van der Waals surface area contributed by atoms with Crippen LogP contribution in [0.3, 0.4) is 0 Å². The van der Waals surface area contributed by atoms with Crippen LogP contribution in [0, 0.1) is 0 Å². The highest BCUT2D eigenvalue weighted by atomic mass is 16.5. The minimum absolute atomic E-state index is 0.00323. The second-order valence-electron chi connectivity index (χ2n) is 6.98. The van der Waals surface area contributed by atoms with Crippen molar-refractivity contribution in [3.8, 4) is 0 Å². The van der Waals surface area contributed by atoms with Crippen molar-refractivity contribution < 1.29 is 9.53 Å². The smallest absolute Gasteiger partial charge is 0.251 e. The lowest BCUT2D eigenvalue weighted by atomic mass is 10.1.